The lowest BCUT2D eigenvalue weighted by Gasteiger charge is -2.25. The molecule has 0 bridgehead atoms. The predicted molar refractivity (Wildman–Crippen MR) is 124 cm³/mol. The summed E-state index contributed by atoms with van der Waals surface area (Å²) in [5.41, 5.74) is 0.689. The van der Waals surface area contributed by atoms with Gasteiger partial charge in [-0.25, -0.2) is 4.39 Å². The maximum atomic E-state index is 14.9. The second-order valence-corrected chi connectivity index (χ2v) is 8.26. The highest BCUT2D eigenvalue weighted by Crippen LogP contribution is 2.43. The molecule has 6 heteroatoms. The summed E-state index contributed by atoms with van der Waals surface area (Å²) in [4.78, 5) is 27.4. The van der Waals surface area contributed by atoms with Crippen molar-refractivity contribution in [2.24, 2.45) is 5.92 Å². The van der Waals surface area contributed by atoms with Crippen molar-refractivity contribution in [2.45, 2.75) is 19.9 Å². The number of ether oxygens (including phenoxy) is 1. The fourth-order valence-electron chi connectivity index (χ4n) is 3.83. The van der Waals surface area contributed by atoms with Crippen LogP contribution in [0.15, 0.2) is 84.4 Å². The van der Waals surface area contributed by atoms with E-state index in [0.717, 1.165) is 0 Å². The first-order chi connectivity index (χ1) is 15.9. The lowest BCUT2D eigenvalue weighted by molar-refractivity contribution is -0.132. The quantitative estimate of drug-likeness (QED) is 0.310. The van der Waals surface area contributed by atoms with Gasteiger partial charge in [0, 0.05) is 16.8 Å². The van der Waals surface area contributed by atoms with Crippen molar-refractivity contribution >= 4 is 23.1 Å². The number of benzene rings is 3. The van der Waals surface area contributed by atoms with Gasteiger partial charge in [-0.1, -0.05) is 62.4 Å². The monoisotopic (exact) mass is 445 g/mol. The Bertz CT molecular complexity index is 1220. The molecule has 1 atom stereocenters. The zero-order valence-electron chi connectivity index (χ0n) is 18.4. The molecule has 0 aliphatic carbocycles. The first-order valence-electron chi connectivity index (χ1n) is 10.7. The highest BCUT2D eigenvalue weighted by atomic mass is 19.1. The van der Waals surface area contributed by atoms with Crippen molar-refractivity contribution in [2.75, 3.05) is 11.5 Å². The maximum absolute atomic E-state index is 14.9. The molecule has 168 valence electrons. The van der Waals surface area contributed by atoms with E-state index >= 15 is 0 Å². The lowest BCUT2D eigenvalue weighted by Crippen LogP contribution is -2.29. The van der Waals surface area contributed by atoms with Crippen LogP contribution >= 0.6 is 0 Å². The second-order valence-electron chi connectivity index (χ2n) is 8.26. The number of hydrogen-bond acceptors (Lipinski definition) is 4. The average Bonchev–Trinajstić information content (AvgIpc) is 3.08. The van der Waals surface area contributed by atoms with Gasteiger partial charge in [-0.2, -0.15) is 0 Å². The molecule has 33 heavy (non-hydrogen) atoms. The van der Waals surface area contributed by atoms with Crippen molar-refractivity contribution in [1.29, 1.82) is 0 Å². The molecular weight excluding hydrogens is 421 g/mol. The van der Waals surface area contributed by atoms with E-state index in [2.05, 4.69) is 0 Å². The van der Waals surface area contributed by atoms with Gasteiger partial charge in [-0.05, 0) is 36.2 Å². The number of hydrogen-bond donors (Lipinski definition) is 1. The van der Waals surface area contributed by atoms with Crippen LogP contribution in [0.5, 0.6) is 5.75 Å². The van der Waals surface area contributed by atoms with Crippen LogP contribution in [-0.2, 0) is 9.59 Å². The van der Waals surface area contributed by atoms with Gasteiger partial charge in [-0.15, -0.1) is 0 Å². The zero-order chi connectivity index (χ0) is 23.5. The molecular formula is C27H24FNO4. The van der Waals surface area contributed by atoms with E-state index in [1.807, 2.05) is 13.8 Å². The van der Waals surface area contributed by atoms with Crippen LogP contribution in [0.4, 0.5) is 10.1 Å². The Labute approximate surface area is 191 Å². The van der Waals surface area contributed by atoms with Gasteiger partial charge in [0.1, 0.15) is 17.3 Å². The minimum Gasteiger partial charge on any atom is -0.507 e. The third-order valence-electron chi connectivity index (χ3n) is 5.37. The fraction of sp³-hybridized carbons (Fsp3) is 0.185. The number of nitrogens with zero attached hydrogens (tertiary/aromatic N) is 1. The molecule has 5 nitrogen and oxygen atoms in total. The minimum absolute atomic E-state index is 0.120. The number of Topliss-reactive ketones (excluding diaryl/α,β-unsaturated/α-hetero) is 1. The first kappa shape index (κ1) is 22.3. The van der Waals surface area contributed by atoms with Gasteiger partial charge in [-0.3, -0.25) is 14.5 Å². The Balaban J connectivity index is 1.87. The third-order valence-corrected chi connectivity index (χ3v) is 5.37. The summed E-state index contributed by atoms with van der Waals surface area (Å²) < 4.78 is 20.6. The van der Waals surface area contributed by atoms with Crippen molar-refractivity contribution in [3.05, 3.63) is 101 Å². The van der Waals surface area contributed by atoms with Crippen LogP contribution in [0.3, 0.4) is 0 Å². The van der Waals surface area contributed by atoms with E-state index in [-0.39, 0.29) is 16.9 Å². The van der Waals surface area contributed by atoms with Crippen LogP contribution in [0, 0.1) is 11.7 Å². The second kappa shape index (κ2) is 9.28. The Morgan fingerprint density at radius 2 is 1.70 bits per heavy atom. The predicted octanol–water partition coefficient (Wildman–Crippen LogP) is 5.49. The van der Waals surface area contributed by atoms with Crippen LogP contribution in [0.25, 0.3) is 5.76 Å². The van der Waals surface area contributed by atoms with E-state index in [4.69, 9.17) is 4.74 Å². The topological polar surface area (TPSA) is 66.8 Å². The smallest absolute Gasteiger partial charge is 0.300 e. The molecule has 0 aromatic heterocycles. The number of para-hydroxylation sites is 1. The summed E-state index contributed by atoms with van der Waals surface area (Å²) in [6.45, 7) is 4.52. The number of rotatable bonds is 6. The van der Waals surface area contributed by atoms with Crippen LogP contribution in [-0.4, -0.2) is 23.4 Å². The van der Waals surface area contributed by atoms with Crippen LogP contribution < -0.4 is 9.64 Å². The number of anilines is 1. The molecule has 1 N–H and O–H groups in total. The molecule has 0 spiro atoms. The van der Waals surface area contributed by atoms with Crippen molar-refractivity contribution in [3.63, 3.8) is 0 Å². The normalized spacial score (nSPS) is 17.6. The summed E-state index contributed by atoms with van der Waals surface area (Å²) in [5, 5.41) is 11.2. The SMILES string of the molecule is CC(C)COc1cccc(/C(O)=C2/C(=O)C(=O)N(c3ccccc3)C2c2ccccc2F)c1. The molecule has 1 amide bonds. The number of halogens is 1. The molecule has 1 saturated heterocycles. The molecule has 3 aromatic rings. The highest BCUT2D eigenvalue weighted by Gasteiger charge is 2.47. The molecule has 1 aliphatic heterocycles. The van der Waals surface area contributed by atoms with E-state index < -0.39 is 23.5 Å². The summed E-state index contributed by atoms with van der Waals surface area (Å²) >= 11 is 0. The van der Waals surface area contributed by atoms with Gasteiger partial charge < -0.3 is 9.84 Å². The van der Waals surface area contributed by atoms with Crippen LogP contribution in [0.1, 0.15) is 31.0 Å². The minimum atomic E-state index is -1.12. The largest absolute Gasteiger partial charge is 0.507 e. The highest BCUT2D eigenvalue weighted by molar-refractivity contribution is 6.51. The molecule has 1 aliphatic rings. The molecule has 0 saturated carbocycles. The molecule has 1 unspecified atom stereocenters. The molecule has 1 heterocycles. The van der Waals surface area contributed by atoms with Gasteiger partial charge in [0.15, 0.2) is 0 Å². The molecule has 3 aromatic carbocycles. The average molecular weight is 445 g/mol. The van der Waals surface area contributed by atoms with Crippen molar-refractivity contribution in [1.82, 2.24) is 0 Å². The summed E-state index contributed by atoms with van der Waals surface area (Å²) in [5.74, 6) is -1.84. The van der Waals surface area contributed by atoms with Gasteiger partial charge in [0.2, 0.25) is 0 Å². The Hall–Kier alpha value is -3.93. The van der Waals surface area contributed by atoms with E-state index in [9.17, 15) is 19.1 Å². The first-order valence-corrected chi connectivity index (χ1v) is 10.7. The van der Waals surface area contributed by atoms with E-state index in [1.165, 1.54) is 23.1 Å². The number of ketones is 1. The van der Waals surface area contributed by atoms with Crippen molar-refractivity contribution in [3.8, 4) is 5.75 Å². The van der Waals surface area contributed by atoms with Crippen molar-refractivity contribution < 1.29 is 23.8 Å². The summed E-state index contributed by atoms with van der Waals surface area (Å²) in [6, 6.07) is 20.0. The zero-order valence-corrected chi connectivity index (χ0v) is 18.4. The lowest BCUT2D eigenvalue weighted by atomic mass is 9.94. The van der Waals surface area contributed by atoms with Gasteiger partial charge >= 0.3 is 0 Å². The number of aliphatic hydroxyl groups excluding tert-OH is 1. The standard InChI is InChI=1S/C27H24FNO4/c1-17(2)16-33-20-12-8-9-18(15-20)25(30)23-24(21-13-6-7-14-22(21)28)29(27(32)26(23)31)19-10-4-3-5-11-19/h3-15,17,24,30H,16H2,1-2H3/b25-23-. The Morgan fingerprint density at radius 1 is 1.00 bits per heavy atom. The number of carbonyl (C=O) groups is 2. The van der Waals surface area contributed by atoms with Gasteiger partial charge in [0.25, 0.3) is 11.7 Å². The fourth-order valence-corrected chi connectivity index (χ4v) is 3.83. The van der Waals surface area contributed by atoms with Crippen LogP contribution in [0.2, 0.25) is 0 Å². The number of amides is 1. The van der Waals surface area contributed by atoms with Gasteiger partial charge in [0.05, 0.1) is 18.2 Å². The third kappa shape index (κ3) is 4.37. The van der Waals surface area contributed by atoms with E-state index in [0.29, 0.717) is 29.5 Å². The Kier molecular flexibility index (Phi) is 6.27. The number of carbonyl (C=O) groups excluding carboxylic acids is 2. The van der Waals surface area contributed by atoms with E-state index in [1.54, 1.807) is 60.7 Å². The summed E-state index contributed by atoms with van der Waals surface area (Å²) in [7, 11) is 0. The molecule has 1 fully saturated rings. The summed E-state index contributed by atoms with van der Waals surface area (Å²) in [6.07, 6.45) is 0. The number of aliphatic hydroxyl groups is 1. The maximum Gasteiger partial charge on any atom is 0.300 e. The molecule has 0 radical (unpaired) electrons. The molecule has 4 rings (SSSR count). The Morgan fingerprint density at radius 3 is 2.39 bits per heavy atom.